The van der Waals surface area contributed by atoms with E-state index in [4.69, 9.17) is 5.73 Å². The third-order valence-corrected chi connectivity index (χ3v) is 4.09. The van der Waals surface area contributed by atoms with E-state index in [9.17, 15) is 0 Å². The zero-order valence-electron chi connectivity index (χ0n) is 11.8. The van der Waals surface area contributed by atoms with Crippen molar-refractivity contribution in [3.05, 3.63) is 12.7 Å². The summed E-state index contributed by atoms with van der Waals surface area (Å²) in [7, 11) is 0. The number of nitrogens with zero attached hydrogens (tertiary/aromatic N) is 4. The van der Waals surface area contributed by atoms with Gasteiger partial charge in [0.2, 0.25) is 0 Å². The first kappa shape index (κ1) is 13.3. The van der Waals surface area contributed by atoms with E-state index < -0.39 is 0 Å². The van der Waals surface area contributed by atoms with Gasteiger partial charge in [0.25, 0.3) is 0 Å². The molecule has 0 spiro atoms. The number of nitrogens with one attached hydrogen (secondary N) is 1. The monoisotopic (exact) mass is 274 g/mol. The van der Waals surface area contributed by atoms with Crippen molar-refractivity contribution in [2.75, 3.05) is 18.8 Å². The van der Waals surface area contributed by atoms with Gasteiger partial charge in [-0.25, -0.2) is 15.0 Å². The molecule has 1 fully saturated rings. The minimum absolute atomic E-state index is 0.460. The summed E-state index contributed by atoms with van der Waals surface area (Å²) in [5, 5.41) is 3.47. The van der Waals surface area contributed by atoms with Crippen LogP contribution in [0.4, 0.5) is 5.82 Å². The smallest absolute Gasteiger partial charge is 0.165 e. The molecule has 1 atom stereocenters. The van der Waals surface area contributed by atoms with Gasteiger partial charge in [-0.05, 0) is 44.7 Å². The summed E-state index contributed by atoms with van der Waals surface area (Å²) < 4.78 is 2.08. The second-order valence-corrected chi connectivity index (χ2v) is 5.58. The van der Waals surface area contributed by atoms with Crippen LogP contribution >= 0.6 is 0 Å². The lowest BCUT2D eigenvalue weighted by Gasteiger charge is -2.22. The van der Waals surface area contributed by atoms with Gasteiger partial charge in [0.15, 0.2) is 11.5 Å². The van der Waals surface area contributed by atoms with Gasteiger partial charge >= 0.3 is 0 Å². The Balaban J connectivity index is 1.51. The number of nitrogen functional groups attached to an aromatic ring is 1. The molecule has 3 N–H and O–H groups in total. The minimum Gasteiger partial charge on any atom is -0.382 e. The van der Waals surface area contributed by atoms with Gasteiger partial charge in [-0.15, -0.1) is 0 Å². The van der Waals surface area contributed by atoms with Crippen LogP contribution in [0.5, 0.6) is 0 Å². The van der Waals surface area contributed by atoms with Gasteiger partial charge in [0.05, 0.1) is 6.33 Å². The molecular weight excluding hydrogens is 252 g/mol. The van der Waals surface area contributed by atoms with E-state index in [1.54, 1.807) is 0 Å². The molecule has 3 heterocycles. The van der Waals surface area contributed by atoms with E-state index in [1.165, 1.54) is 45.1 Å². The SMILES string of the molecule is Nc1ncnc2c1ncn2CCCCC1CCCNC1. The van der Waals surface area contributed by atoms with Crippen molar-refractivity contribution in [1.29, 1.82) is 0 Å². The normalized spacial score (nSPS) is 19.5. The molecule has 2 aromatic rings. The van der Waals surface area contributed by atoms with Crippen LogP contribution in [0.15, 0.2) is 12.7 Å². The number of imidazole rings is 1. The minimum atomic E-state index is 0.460. The summed E-state index contributed by atoms with van der Waals surface area (Å²) in [5.41, 5.74) is 7.34. The van der Waals surface area contributed by atoms with Crippen LogP contribution in [0.1, 0.15) is 32.1 Å². The molecule has 0 bridgehead atoms. The second-order valence-electron chi connectivity index (χ2n) is 5.58. The first-order valence-electron chi connectivity index (χ1n) is 7.46. The first-order chi connectivity index (χ1) is 9.84. The molecule has 6 heteroatoms. The highest BCUT2D eigenvalue weighted by Gasteiger charge is 2.12. The van der Waals surface area contributed by atoms with Crippen molar-refractivity contribution < 1.29 is 0 Å². The van der Waals surface area contributed by atoms with Crippen molar-refractivity contribution in [2.24, 2.45) is 5.92 Å². The molecule has 1 aliphatic rings. The molecular formula is C14H22N6. The number of fused-ring (bicyclic) bond motifs is 1. The maximum Gasteiger partial charge on any atom is 0.165 e. The standard InChI is InChI=1S/C14H22N6/c15-13-12-14(18-9-17-13)20(10-19-12)7-2-1-4-11-5-3-6-16-8-11/h9-11,16H,1-8H2,(H2,15,17,18). The van der Waals surface area contributed by atoms with Crippen molar-refractivity contribution >= 4 is 17.0 Å². The summed E-state index contributed by atoms with van der Waals surface area (Å²) in [6.45, 7) is 3.34. The van der Waals surface area contributed by atoms with Crippen LogP contribution in [-0.2, 0) is 6.54 Å². The number of hydrogen-bond donors (Lipinski definition) is 2. The molecule has 0 radical (unpaired) electrons. The molecule has 1 saturated heterocycles. The zero-order valence-corrected chi connectivity index (χ0v) is 11.8. The Morgan fingerprint density at radius 3 is 3.10 bits per heavy atom. The van der Waals surface area contributed by atoms with E-state index in [2.05, 4.69) is 24.8 Å². The lowest BCUT2D eigenvalue weighted by atomic mass is 9.94. The quantitative estimate of drug-likeness (QED) is 0.809. The van der Waals surface area contributed by atoms with Crippen LogP contribution in [0.3, 0.4) is 0 Å². The Morgan fingerprint density at radius 2 is 2.25 bits per heavy atom. The summed E-state index contributed by atoms with van der Waals surface area (Å²) in [6.07, 6.45) is 9.76. The Morgan fingerprint density at radius 1 is 1.30 bits per heavy atom. The Labute approximate surface area is 118 Å². The number of piperidine rings is 1. The van der Waals surface area contributed by atoms with Crippen molar-refractivity contribution in [1.82, 2.24) is 24.8 Å². The number of nitrogens with two attached hydrogens (primary N) is 1. The molecule has 20 heavy (non-hydrogen) atoms. The molecule has 2 aromatic heterocycles. The predicted octanol–water partition coefficient (Wildman–Crippen LogP) is 1.58. The van der Waals surface area contributed by atoms with Gasteiger partial charge in [0, 0.05) is 6.54 Å². The highest BCUT2D eigenvalue weighted by Crippen LogP contribution is 2.18. The van der Waals surface area contributed by atoms with E-state index in [0.29, 0.717) is 11.3 Å². The molecule has 0 aliphatic carbocycles. The zero-order chi connectivity index (χ0) is 13.8. The van der Waals surface area contributed by atoms with E-state index in [-0.39, 0.29) is 0 Å². The van der Waals surface area contributed by atoms with Crippen LogP contribution in [0.25, 0.3) is 11.2 Å². The molecule has 0 saturated carbocycles. The maximum atomic E-state index is 5.79. The molecule has 1 unspecified atom stereocenters. The van der Waals surface area contributed by atoms with Crippen LogP contribution in [0, 0.1) is 5.92 Å². The summed E-state index contributed by atoms with van der Waals surface area (Å²) in [4.78, 5) is 12.5. The lowest BCUT2D eigenvalue weighted by Crippen LogP contribution is -2.29. The molecule has 1 aliphatic heterocycles. The summed E-state index contributed by atoms with van der Waals surface area (Å²) in [6, 6.07) is 0. The Bertz CT molecular complexity index is 558. The lowest BCUT2D eigenvalue weighted by molar-refractivity contribution is 0.345. The van der Waals surface area contributed by atoms with Crippen molar-refractivity contribution in [2.45, 2.75) is 38.6 Å². The fraction of sp³-hybridized carbons (Fsp3) is 0.643. The average molecular weight is 274 g/mol. The largest absolute Gasteiger partial charge is 0.382 e. The predicted molar refractivity (Wildman–Crippen MR) is 79.2 cm³/mol. The van der Waals surface area contributed by atoms with Gasteiger partial charge in [-0.2, -0.15) is 0 Å². The number of anilines is 1. The van der Waals surface area contributed by atoms with Crippen LogP contribution in [0.2, 0.25) is 0 Å². The summed E-state index contributed by atoms with van der Waals surface area (Å²) in [5.74, 6) is 1.32. The van der Waals surface area contributed by atoms with Crippen LogP contribution in [-0.4, -0.2) is 32.6 Å². The Hall–Kier alpha value is -1.69. The molecule has 108 valence electrons. The van der Waals surface area contributed by atoms with E-state index in [1.807, 2.05) is 6.33 Å². The van der Waals surface area contributed by atoms with Gasteiger partial charge in [-0.3, -0.25) is 0 Å². The number of hydrogen-bond acceptors (Lipinski definition) is 5. The highest BCUT2D eigenvalue weighted by atomic mass is 15.1. The molecule has 6 nitrogen and oxygen atoms in total. The van der Waals surface area contributed by atoms with Crippen molar-refractivity contribution in [3.63, 3.8) is 0 Å². The fourth-order valence-electron chi connectivity index (χ4n) is 2.95. The number of unbranched alkanes of at least 4 members (excludes halogenated alkanes) is 1. The average Bonchev–Trinajstić information content (AvgIpc) is 2.90. The van der Waals surface area contributed by atoms with Crippen molar-refractivity contribution in [3.8, 4) is 0 Å². The first-order valence-corrected chi connectivity index (χ1v) is 7.46. The maximum absolute atomic E-state index is 5.79. The van der Waals surface area contributed by atoms with Crippen LogP contribution < -0.4 is 11.1 Å². The van der Waals surface area contributed by atoms with E-state index in [0.717, 1.165) is 24.5 Å². The van der Waals surface area contributed by atoms with Gasteiger partial charge < -0.3 is 15.6 Å². The molecule has 0 aromatic carbocycles. The fourth-order valence-corrected chi connectivity index (χ4v) is 2.95. The molecule has 3 rings (SSSR count). The summed E-state index contributed by atoms with van der Waals surface area (Å²) >= 11 is 0. The number of rotatable bonds is 5. The second kappa shape index (κ2) is 6.17. The Kier molecular flexibility index (Phi) is 4.11. The van der Waals surface area contributed by atoms with Gasteiger partial charge in [-0.1, -0.05) is 6.42 Å². The molecule has 0 amide bonds. The third-order valence-electron chi connectivity index (χ3n) is 4.09. The topological polar surface area (TPSA) is 81.7 Å². The number of aryl methyl sites for hydroxylation is 1. The number of aromatic nitrogens is 4. The van der Waals surface area contributed by atoms with Gasteiger partial charge in [0.1, 0.15) is 11.8 Å². The third kappa shape index (κ3) is 2.90. The van der Waals surface area contributed by atoms with E-state index >= 15 is 0 Å². The highest BCUT2D eigenvalue weighted by molar-refractivity contribution is 5.80.